The Morgan fingerprint density at radius 1 is 0.958 bits per heavy atom. The van der Waals surface area contributed by atoms with E-state index in [1.54, 1.807) is 0 Å². The highest BCUT2D eigenvalue weighted by Crippen LogP contribution is 2.39. The van der Waals surface area contributed by atoms with Crippen molar-refractivity contribution < 1.29 is 36.2 Å². The van der Waals surface area contributed by atoms with Gasteiger partial charge in [0.1, 0.15) is 23.7 Å². The first-order valence-corrected chi connectivity index (χ1v) is 6.69. The van der Waals surface area contributed by atoms with E-state index in [4.69, 9.17) is 4.74 Å². The highest BCUT2D eigenvalue weighted by molar-refractivity contribution is 5.42. The van der Waals surface area contributed by atoms with Crippen LogP contribution in [0.25, 0.3) is 0 Å². The monoisotopic (exact) mass is 350 g/mol. The second-order valence-electron chi connectivity index (χ2n) is 5.08. The number of phenols is 1. The Morgan fingerprint density at radius 2 is 1.62 bits per heavy atom. The summed E-state index contributed by atoms with van der Waals surface area (Å²) >= 11 is 0. The molecule has 2 rings (SSSR count). The Morgan fingerprint density at radius 3 is 2.17 bits per heavy atom. The van der Waals surface area contributed by atoms with Gasteiger partial charge in [-0.2, -0.15) is 26.3 Å². The highest BCUT2D eigenvalue weighted by atomic mass is 19.4. The van der Waals surface area contributed by atoms with Crippen molar-refractivity contribution in [1.82, 2.24) is 0 Å². The van der Waals surface area contributed by atoms with Crippen LogP contribution in [0.1, 0.15) is 22.3 Å². The molecule has 2 nitrogen and oxygen atoms in total. The number of alkyl halides is 6. The van der Waals surface area contributed by atoms with Crippen molar-refractivity contribution in [2.45, 2.75) is 25.9 Å². The second kappa shape index (κ2) is 6.26. The number of hydrogen-bond acceptors (Lipinski definition) is 2. The molecule has 0 aliphatic heterocycles. The molecule has 2 aromatic carbocycles. The van der Waals surface area contributed by atoms with Crippen LogP contribution in [0.5, 0.6) is 11.5 Å². The molecule has 0 bridgehead atoms. The summed E-state index contributed by atoms with van der Waals surface area (Å²) in [7, 11) is 0. The summed E-state index contributed by atoms with van der Waals surface area (Å²) in [6.07, 6.45) is -9.34. The van der Waals surface area contributed by atoms with Crippen LogP contribution in [-0.4, -0.2) is 5.11 Å². The standard InChI is InChI=1S/C16H12F6O2/c1-9-3-2-4-13(14(9)16(20,21)22)24-8-10-5-6-11(12(23)7-10)15(17,18)19/h2-7,23H,8H2,1H3. The molecule has 0 saturated heterocycles. The Kier molecular flexibility index (Phi) is 4.68. The maximum absolute atomic E-state index is 13.0. The van der Waals surface area contributed by atoms with Crippen molar-refractivity contribution in [3.05, 3.63) is 58.7 Å². The van der Waals surface area contributed by atoms with Gasteiger partial charge in [-0.15, -0.1) is 0 Å². The van der Waals surface area contributed by atoms with Crippen molar-refractivity contribution in [3.8, 4) is 11.5 Å². The summed E-state index contributed by atoms with van der Waals surface area (Å²) in [4.78, 5) is 0. The van der Waals surface area contributed by atoms with Gasteiger partial charge in [-0.3, -0.25) is 0 Å². The van der Waals surface area contributed by atoms with Crippen molar-refractivity contribution in [1.29, 1.82) is 0 Å². The van der Waals surface area contributed by atoms with Crippen molar-refractivity contribution >= 4 is 0 Å². The third-order valence-corrected chi connectivity index (χ3v) is 3.28. The Balaban J connectivity index is 2.24. The average molecular weight is 350 g/mol. The molecule has 1 N–H and O–H groups in total. The lowest BCUT2D eigenvalue weighted by molar-refractivity contribution is -0.140. The summed E-state index contributed by atoms with van der Waals surface area (Å²) < 4.78 is 81.8. The van der Waals surface area contributed by atoms with E-state index in [9.17, 15) is 31.4 Å². The number of ether oxygens (including phenoxy) is 1. The molecule has 0 aromatic heterocycles. The van der Waals surface area contributed by atoms with Gasteiger partial charge in [0.15, 0.2) is 0 Å². The van der Waals surface area contributed by atoms with Gasteiger partial charge in [0, 0.05) is 0 Å². The van der Waals surface area contributed by atoms with Gasteiger partial charge in [-0.05, 0) is 36.2 Å². The lowest BCUT2D eigenvalue weighted by atomic mass is 10.1. The number of benzene rings is 2. The molecule has 0 aliphatic carbocycles. The Bertz CT molecular complexity index is 734. The molecule has 8 heteroatoms. The zero-order chi connectivity index (χ0) is 18.1. The topological polar surface area (TPSA) is 29.5 Å². The fourth-order valence-corrected chi connectivity index (χ4v) is 2.19. The van der Waals surface area contributed by atoms with Crippen LogP contribution < -0.4 is 4.74 Å². The number of hydrogen-bond donors (Lipinski definition) is 1. The SMILES string of the molecule is Cc1cccc(OCc2ccc(C(F)(F)F)c(O)c2)c1C(F)(F)F. The van der Waals surface area contributed by atoms with Crippen LogP contribution in [0, 0.1) is 6.92 Å². The maximum Gasteiger partial charge on any atom is 0.420 e. The summed E-state index contributed by atoms with van der Waals surface area (Å²) in [6, 6.07) is 6.27. The maximum atomic E-state index is 13.0. The molecular formula is C16H12F6O2. The second-order valence-corrected chi connectivity index (χ2v) is 5.08. The Hall–Kier alpha value is -2.38. The van der Waals surface area contributed by atoms with E-state index in [0.29, 0.717) is 6.07 Å². The van der Waals surface area contributed by atoms with Gasteiger partial charge >= 0.3 is 12.4 Å². The van der Waals surface area contributed by atoms with Crippen LogP contribution in [-0.2, 0) is 19.0 Å². The minimum atomic E-state index is -4.72. The quantitative estimate of drug-likeness (QED) is 0.760. The fourth-order valence-electron chi connectivity index (χ4n) is 2.19. The van der Waals surface area contributed by atoms with E-state index >= 15 is 0 Å². The molecule has 24 heavy (non-hydrogen) atoms. The lowest BCUT2D eigenvalue weighted by Gasteiger charge is -2.16. The zero-order valence-corrected chi connectivity index (χ0v) is 12.3. The van der Waals surface area contributed by atoms with Crippen LogP contribution in [0.15, 0.2) is 36.4 Å². The van der Waals surface area contributed by atoms with Gasteiger partial charge in [0.05, 0.1) is 5.56 Å². The van der Waals surface area contributed by atoms with Gasteiger partial charge in [-0.1, -0.05) is 18.2 Å². The smallest absolute Gasteiger partial charge is 0.420 e. The van der Waals surface area contributed by atoms with Crippen molar-refractivity contribution in [2.75, 3.05) is 0 Å². The summed E-state index contributed by atoms with van der Waals surface area (Å²) in [5.41, 5.74) is -2.09. The molecule has 0 radical (unpaired) electrons. The average Bonchev–Trinajstić information content (AvgIpc) is 2.42. The molecule has 0 atom stereocenters. The third-order valence-electron chi connectivity index (χ3n) is 3.28. The largest absolute Gasteiger partial charge is 0.507 e. The van der Waals surface area contributed by atoms with Crippen molar-refractivity contribution in [2.24, 2.45) is 0 Å². The first kappa shape index (κ1) is 18.0. The van der Waals surface area contributed by atoms with Gasteiger partial charge < -0.3 is 9.84 Å². The minimum Gasteiger partial charge on any atom is -0.507 e. The van der Waals surface area contributed by atoms with E-state index < -0.39 is 41.6 Å². The molecule has 0 heterocycles. The third kappa shape index (κ3) is 3.93. The summed E-state index contributed by atoms with van der Waals surface area (Å²) in [6.45, 7) is 0.859. The molecule has 2 aromatic rings. The molecule has 0 amide bonds. The van der Waals surface area contributed by atoms with E-state index in [-0.39, 0.29) is 11.1 Å². The summed E-state index contributed by atoms with van der Waals surface area (Å²) in [5, 5.41) is 9.40. The predicted octanol–water partition coefficient (Wildman–Crippen LogP) is 5.32. The number of rotatable bonds is 3. The number of halogens is 6. The predicted molar refractivity (Wildman–Crippen MR) is 73.6 cm³/mol. The molecular weight excluding hydrogens is 338 g/mol. The van der Waals surface area contributed by atoms with Crippen LogP contribution in [0.3, 0.4) is 0 Å². The zero-order valence-electron chi connectivity index (χ0n) is 12.3. The molecule has 0 aliphatic rings. The first-order chi connectivity index (χ1) is 11.0. The number of aromatic hydroxyl groups is 1. The molecule has 0 saturated carbocycles. The number of aryl methyl sites for hydroxylation is 1. The van der Waals surface area contributed by atoms with Crippen LogP contribution in [0.4, 0.5) is 26.3 Å². The minimum absolute atomic E-state index is 0.0322. The lowest BCUT2D eigenvalue weighted by Crippen LogP contribution is -2.11. The summed E-state index contributed by atoms with van der Waals surface area (Å²) in [5.74, 6) is -1.44. The molecule has 0 unspecified atom stereocenters. The van der Waals surface area contributed by atoms with Crippen LogP contribution >= 0.6 is 0 Å². The highest BCUT2D eigenvalue weighted by Gasteiger charge is 2.36. The van der Waals surface area contributed by atoms with Gasteiger partial charge in [0.2, 0.25) is 0 Å². The molecule has 0 fully saturated rings. The van der Waals surface area contributed by atoms with Gasteiger partial charge in [0.25, 0.3) is 0 Å². The van der Waals surface area contributed by atoms with Gasteiger partial charge in [-0.25, -0.2) is 0 Å². The Labute approximate surface area is 133 Å². The normalized spacial score (nSPS) is 12.3. The van der Waals surface area contributed by atoms with Crippen molar-refractivity contribution in [3.63, 3.8) is 0 Å². The molecule has 0 spiro atoms. The van der Waals surface area contributed by atoms with E-state index in [2.05, 4.69) is 0 Å². The van der Waals surface area contributed by atoms with E-state index in [1.165, 1.54) is 19.1 Å². The first-order valence-electron chi connectivity index (χ1n) is 6.69. The fraction of sp³-hybridized carbons (Fsp3) is 0.250. The molecule has 130 valence electrons. The van der Waals surface area contributed by atoms with E-state index in [1.807, 2.05) is 0 Å². The van der Waals surface area contributed by atoms with Crippen LogP contribution in [0.2, 0.25) is 0 Å². The van der Waals surface area contributed by atoms with E-state index in [0.717, 1.165) is 18.2 Å². The number of phenolic OH excluding ortho intramolecular Hbond substituents is 1.